The van der Waals surface area contributed by atoms with Gasteiger partial charge in [-0.2, -0.15) is 0 Å². The second kappa shape index (κ2) is 7.13. The molecule has 1 unspecified atom stereocenters. The summed E-state index contributed by atoms with van der Waals surface area (Å²) in [6.07, 6.45) is 4.59. The van der Waals surface area contributed by atoms with Crippen LogP contribution in [0, 0.1) is 0 Å². The van der Waals surface area contributed by atoms with E-state index in [1.54, 1.807) is 0 Å². The van der Waals surface area contributed by atoms with Crippen LogP contribution < -0.4 is 5.32 Å². The Balaban J connectivity index is 2.00. The fourth-order valence-electron chi connectivity index (χ4n) is 2.48. The highest BCUT2D eigenvalue weighted by atomic mass is 35.5. The van der Waals surface area contributed by atoms with Gasteiger partial charge < -0.3 is 10.1 Å². The molecule has 1 heterocycles. The van der Waals surface area contributed by atoms with Crippen molar-refractivity contribution in [2.24, 2.45) is 0 Å². The molecule has 0 aromatic heterocycles. The molecular formula is C15H22ClNO. The van der Waals surface area contributed by atoms with E-state index in [9.17, 15) is 0 Å². The molecule has 0 saturated carbocycles. The van der Waals surface area contributed by atoms with Gasteiger partial charge in [0.15, 0.2) is 0 Å². The number of nitrogens with one attached hydrogen (secondary N) is 1. The first-order chi connectivity index (χ1) is 8.79. The first kappa shape index (κ1) is 13.9. The summed E-state index contributed by atoms with van der Waals surface area (Å²) in [5.41, 5.74) is 1.34. The first-order valence-electron chi connectivity index (χ1n) is 6.89. The molecule has 2 nitrogen and oxygen atoms in total. The van der Waals surface area contributed by atoms with Gasteiger partial charge in [-0.15, -0.1) is 0 Å². The van der Waals surface area contributed by atoms with Gasteiger partial charge >= 0.3 is 0 Å². The van der Waals surface area contributed by atoms with Crippen molar-refractivity contribution in [3.8, 4) is 0 Å². The standard InChI is InChI=1S/C15H22ClNO/c1-2-3-15(12-4-6-13(16)7-5-12)17-14-8-10-18-11-9-14/h4-7,14-15,17H,2-3,8-11H2,1H3. The average molecular weight is 268 g/mol. The van der Waals surface area contributed by atoms with Gasteiger partial charge in [0, 0.05) is 30.3 Å². The van der Waals surface area contributed by atoms with Gasteiger partial charge in [-0.25, -0.2) is 0 Å². The number of benzene rings is 1. The Morgan fingerprint density at radius 3 is 2.56 bits per heavy atom. The minimum atomic E-state index is 0.440. The minimum Gasteiger partial charge on any atom is -0.381 e. The summed E-state index contributed by atoms with van der Waals surface area (Å²) in [5, 5.41) is 4.58. The molecule has 0 spiro atoms. The summed E-state index contributed by atoms with van der Waals surface area (Å²) in [6, 6.07) is 9.25. The lowest BCUT2D eigenvalue weighted by Gasteiger charge is -2.29. The Morgan fingerprint density at radius 2 is 1.94 bits per heavy atom. The molecule has 100 valence electrons. The molecule has 1 saturated heterocycles. The van der Waals surface area contributed by atoms with Gasteiger partial charge in [-0.05, 0) is 37.0 Å². The number of rotatable bonds is 5. The lowest BCUT2D eigenvalue weighted by atomic mass is 9.99. The molecule has 2 rings (SSSR count). The molecule has 3 heteroatoms. The highest BCUT2D eigenvalue weighted by Gasteiger charge is 2.18. The first-order valence-corrected chi connectivity index (χ1v) is 7.26. The Bertz CT molecular complexity index is 346. The Kier molecular flexibility index (Phi) is 5.48. The monoisotopic (exact) mass is 267 g/mol. The largest absolute Gasteiger partial charge is 0.381 e. The summed E-state index contributed by atoms with van der Waals surface area (Å²) in [4.78, 5) is 0. The van der Waals surface area contributed by atoms with Gasteiger partial charge in [0.2, 0.25) is 0 Å². The van der Waals surface area contributed by atoms with Crippen molar-refractivity contribution in [2.45, 2.75) is 44.7 Å². The maximum atomic E-state index is 5.95. The Hall–Kier alpha value is -0.570. The van der Waals surface area contributed by atoms with E-state index in [0.29, 0.717) is 12.1 Å². The lowest BCUT2D eigenvalue weighted by molar-refractivity contribution is 0.0744. The average Bonchev–Trinajstić information content (AvgIpc) is 2.40. The molecule has 18 heavy (non-hydrogen) atoms. The van der Waals surface area contributed by atoms with Gasteiger partial charge in [-0.3, -0.25) is 0 Å². The van der Waals surface area contributed by atoms with Crippen molar-refractivity contribution < 1.29 is 4.74 Å². The zero-order valence-corrected chi connectivity index (χ0v) is 11.7. The molecule has 0 aliphatic carbocycles. The van der Waals surface area contributed by atoms with E-state index in [1.165, 1.54) is 18.4 Å². The number of halogens is 1. The maximum absolute atomic E-state index is 5.95. The van der Waals surface area contributed by atoms with Crippen LogP contribution in [0.5, 0.6) is 0 Å². The number of ether oxygens (including phenoxy) is 1. The van der Waals surface area contributed by atoms with Crippen LogP contribution >= 0.6 is 11.6 Å². The van der Waals surface area contributed by atoms with Crippen LogP contribution in [0.2, 0.25) is 5.02 Å². The fraction of sp³-hybridized carbons (Fsp3) is 0.600. The van der Waals surface area contributed by atoms with Crippen LogP contribution in [0.15, 0.2) is 24.3 Å². The van der Waals surface area contributed by atoms with Crippen molar-refractivity contribution >= 4 is 11.6 Å². The zero-order chi connectivity index (χ0) is 12.8. The molecule has 1 aromatic rings. The zero-order valence-electron chi connectivity index (χ0n) is 11.0. The van der Waals surface area contributed by atoms with Crippen LogP contribution in [0.25, 0.3) is 0 Å². The summed E-state index contributed by atoms with van der Waals surface area (Å²) in [6.45, 7) is 4.00. The van der Waals surface area contributed by atoms with Crippen LogP contribution in [0.1, 0.15) is 44.2 Å². The number of hydrogen-bond donors (Lipinski definition) is 1. The molecular weight excluding hydrogens is 246 g/mol. The molecule has 0 amide bonds. The summed E-state index contributed by atoms with van der Waals surface area (Å²) < 4.78 is 5.41. The van der Waals surface area contributed by atoms with E-state index in [-0.39, 0.29) is 0 Å². The quantitative estimate of drug-likeness (QED) is 0.872. The Morgan fingerprint density at radius 1 is 1.28 bits per heavy atom. The highest BCUT2D eigenvalue weighted by Crippen LogP contribution is 2.23. The molecule has 0 radical (unpaired) electrons. The van der Waals surface area contributed by atoms with E-state index in [4.69, 9.17) is 16.3 Å². The van der Waals surface area contributed by atoms with Crippen LogP contribution in [0.4, 0.5) is 0 Å². The predicted molar refractivity (Wildman–Crippen MR) is 76.1 cm³/mol. The van der Waals surface area contributed by atoms with Crippen LogP contribution in [-0.2, 0) is 4.74 Å². The van der Waals surface area contributed by atoms with E-state index < -0.39 is 0 Å². The van der Waals surface area contributed by atoms with Crippen LogP contribution in [-0.4, -0.2) is 19.3 Å². The van der Waals surface area contributed by atoms with Crippen molar-refractivity contribution in [2.75, 3.05) is 13.2 Å². The van der Waals surface area contributed by atoms with Gasteiger partial charge in [0.1, 0.15) is 0 Å². The lowest BCUT2D eigenvalue weighted by Crippen LogP contribution is -2.37. The second-order valence-electron chi connectivity index (χ2n) is 4.95. The van der Waals surface area contributed by atoms with Gasteiger partial charge in [0.05, 0.1) is 0 Å². The van der Waals surface area contributed by atoms with Crippen molar-refractivity contribution in [1.82, 2.24) is 5.32 Å². The Labute approximate surface area is 115 Å². The molecule has 1 aromatic carbocycles. The van der Waals surface area contributed by atoms with Crippen molar-refractivity contribution in [3.63, 3.8) is 0 Å². The topological polar surface area (TPSA) is 21.3 Å². The number of hydrogen-bond acceptors (Lipinski definition) is 2. The van der Waals surface area contributed by atoms with Crippen LogP contribution in [0.3, 0.4) is 0 Å². The highest BCUT2D eigenvalue weighted by molar-refractivity contribution is 6.30. The van der Waals surface area contributed by atoms with E-state index >= 15 is 0 Å². The van der Waals surface area contributed by atoms with E-state index in [0.717, 1.165) is 31.1 Å². The normalized spacial score (nSPS) is 18.8. The summed E-state index contributed by atoms with van der Waals surface area (Å²) in [5.74, 6) is 0. The molecule has 0 bridgehead atoms. The van der Waals surface area contributed by atoms with E-state index in [2.05, 4.69) is 24.4 Å². The van der Waals surface area contributed by atoms with E-state index in [1.807, 2.05) is 12.1 Å². The third-order valence-electron chi connectivity index (χ3n) is 3.51. The van der Waals surface area contributed by atoms with Gasteiger partial charge in [-0.1, -0.05) is 37.1 Å². The molecule has 1 aliphatic rings. The van der Waals surface area contributed by atoms with Crippen molar-refractivity contribution in [3.05, 3.63) is 34.9 Å². The predicted octanol–water partition coefficient (Wildman–Crippen LogP) is 3.95. The molecule has 1 aliphatic heterocycles. The molecule has 1 fully saturated rings. The minimum absolute atomic E-state index is 0.440. The molecule has 1 N–H and O–H groups in total. The fourth-order valence-corrected chi connectivity index (χ4v) is 2.60. The third kappa shape index (κ3) is 3.98. The smallest absolute Gasteiger partial charge is 0.0480 e. The maximum Gasteiger partial charge on any atom is 0.0480 e. The summed E-state index contributed by atoms with van der Waals surface area (Å²) >= 11 is 5.95. The van der Waals surface area contributed by atoms with Gasteiger partial charge in [0.25, 0.3) is 0 Å². The second-order valence-corrected chi connectivity index (χ2v) is 5.38. The SMILES string of the molecule is CCCC(NC1CCOCC1)c1ccc(Cl)cc1. The third-order valence-corrected chi connectivity index (χ3v) is 3.76. The summed E-state index contributed by atoms with van der Waals surface area (Å²) in [7, 11) is 0. The molecule has 1 atom stereocenters. The van der Waals surface area contributed by atoms with Crippen molar-refractivity contribution in [1.29, 1.82) is 0 Å².